The normalized spacial score (nSPS) is 23.4. The van der Waals surface area contributed by atoms with Gasteiger partial charge in [-0.05, 0) is 12.8 Å². The first-order valence-corrected chi connectivity index (χ1v) is 5.30. The van der Waals surface area contributed by atoms with Gasteiger partial charge in [-0.25, -0.2) is 0 Å². The molecule has 1 atom stereocenters. The molecule has 1 saturated carbocycles. The maximum absolute atomic E-state index is 10.8. The third kappa shape index (κ3) is 3.37. The summed E-state index contributed by atoms with van der Waals surface area (Å²) in [5.74, 6) is 0. The van der Waals surface area contributed by atoms with Gasteiger partial charge in [0.2, 0.25) is 0 Å². The van der Waals surface area contributed by atoms with Gasteiger partial charge in [0.25, 0.3) is 0 Å². The summed E-state index contributed by atoms with van der Waals surface area (Å²) in [6.07, 6.45) is 5.95. The summed E-state index contributed by atoms with van der Waals surface area (Å²) in [6, 6.07) is 0. The Balaban J connectivity index is 2.19. The van der Waals surface area contributed by atoms with Crippen molar-refractivity contribution >= 4 is 8.25 Å². The highest BCUT2D eigenvalue weighted by Crippen LogP contribution is 2.31. The summed E-state index contributed by atoms with van der Waals surface area (Å²) < 4.78 is 20.6. The van der Waals surface area contributed by atoms with Crippen LogP contribution in [-0.2, 0) is 13.6 Å². The van der Waals surface area contributed by atoms with E-state index in [4.69, 9.17) is 4.52 Å². The predicted octanol–water partition coefficient (Wildman–Crippen LogP) is 2.37. The second kappa shape index (κ2) is 4.91. The summed E-state index contributed by atoms with van der Waals surface area (Å²) >= 11 is 0. The molecule has 1 fully saturated rings. The Hall–Kier alpha value is 0.150. The van der Waals surface area contributed by atoms with Gasteiger partial charge in [-0.2, -0.15) is 0 Å². The lowest BCUT2D eigenvalue weighted by Gasteiger charge is -2.20. The molecule has 11 heavy (non-hydrogen) atoms. The average Bonchev–Trinajstić information content (AvgIpc) is 2.06. The lowest BCUT2D eigenvalue weighted by atomic mass is 9.98. The fraction of sp³-hybridized carbons (Fsp3) is 1.00. The van der Waals surface area contributed by atoms with Crippen LogP contribution in [0.3, 0.4) is 0 Å². The number of hydrogen-bond acceptors (Lipinski definition) is 3. The van der Waals surface area contributed by atoms with Gasteiger partial charge in [0, 0.05) is 7.11 Å². The highest BCUT2D eigenvalue weighted by atomic mass is 31.1. The first-order chi connectivity index (χ1) is 5.33. The third-order valence-corrected chi connectivity index (χ3v) is 2.84. The summed E-state index contributed by atoms with van der Waals surface area (Å²) in [6.45, 7) is 0. The van der Waals surface area contributed by atoms with E-state index in [0.29, 0.717) is 0 Å². The van der Waals surface area contributed by atoms with Gasteiger partial charge >= 0.3 is 8.25 Å². The van der Waals surface area contributed by atoms with Crippen molar-refractivity contribution in [3.8, 4) is 0 Å². The van der Waals surface area contributed by atoms with E-state index in [1.54, 1.807) is 0 Å². The van der Waals surface area contributed by atoms with Crippen molar-refractivity contribution in [3.63, 3.8) is 0 Å². The second-order valence-corrected chi connectivity index (χ2v) is 3.98. The van der Waals surface area contributed by atoms with Gasteiger partial charge < -0.3 is 9.05 Å². The van der Waals surface area contributed by atoms with Crippen LogP contribution in [0.4, 0.5) is 0 Å². The molecule has 0 radical (unpaired) electrons. The molecule has 0 heterocycles. The zero-order valence-corrected chi connectivity index (χ0v) is 7.84. The molecule has 3 nitrogen and oxygen atoms in total. The van der Waals surface area contributed by atoms with E-state index in [1.165, 1.54) is 26.4 Å². The summed E-state index contributed by atoms with van der Waals surface area (Å²) in [7, 11) is -0.757. The largest absolute Gasteiger partial charge is 0.319 e. The van der Waals surface area contributed by atoms with Crippen LogP contribution in [0.5, 0.6) is 0 Å². The van der Waals surface area contributed by atoms with Gasteiger partial charge in [0.15, 0.2) is 0 Å². The van der Waals surface area contributed by atoms with E-state index in [2.05, 4.69) is 4.52 Å². The van der Waals surface area contributed by atoms with Gasteiger partial charge in [-0.15, -0.1) is 0 Å². The van der Waals surface area contributed by atoms with Gasteiger partial charge in [-0.3, -0.25) is 4.57 Å². The van der Waals surface area contributed by atoms with Crippen molar-refractivity contribution in [2.75, 3.05) is 7.11 Å². The molecule has 66 valence electrons. The lowest BCUT2D eigenvalue weighted by Crippen LogP contribution is -2.13. The Morgan fingerprint density at radius 3 is 2.45 bits per heavy atom. The molecule has 0 aromatic carbocycles. The van der Waals surface area contributed by atoms with E-state index >= 15 is 0 Å². The average molecular weight is 178 g/mol. The van der Waals surface area contributed by atoms with Crippen LogP contribution in [0.25, 0.3) is 0 Å². The SMILES string of the molecule is CO[PH](=O)OC1CCCCC1. The fourth-order valence-corrected chi connectivity index (χ4v) is 1.97. The Bertz CT molecular complexity index is 132. The van der Waals surface area contributed by atoms with Crippen LogP contribution in [-0.4, -0.2) is 13.2 Å². The first-order valence-electron chi connectivity index (χ1n) is 4.07. The number of rotatable bonds is 3. The van der Waals surface area contributed by atoms with Crippen molar-refractivity contribution in [2.24, 2.45) is 0 Å². The van der Waals surface area contributed by atoms with Crippen molar-refractivity contribution < 1.29 is 13.6 Å². The Kier molecular flexibility index (Phi) is 4.13. The van der Waals surface area contributed by atoms with Crippen LogP contribution >= 0.6 is 8.25 Å². The molecule has 0 saturated heterocycles. The van der Waals surface area contributed by atoms with Crippen molar-refractivity contribution in [3.05, 3.63) is 0 Å². The van der Waals surface area contributed by atoms with Crippen LogP contribution in [0, 0.1) is 0 Å². The Labute approximate surface area is 68.0 Å². The Morgan fingerprint density at radius 1 is 1.27 bits per heavy atom. The van der Waals surface area contributed by atoms with Crippen molar-refractivity contribution in [1.82, 2.24) is 0 Å². The highest BCUT2D eigenvalue weighted by molar-refractivity contribution is 7.33. The molecule has 0 N–H and O–H groups in total. The maximum atomic E-state index is 10.8. The molecule has 1 rings (SSSR count). The van der Waals surface area contributed by atoms with Crippen LogP contribution in [0.2, 0.25) is 0 Å². The second-order valence-electron chi connectivity index (χ2n) is 2.83. The van der Waals surface area contributed by atoms with E-state index in [9.17, 15) is 4.57 Å². The smallest absolute Gasteiger partial charge is 0.314 e. The minimum absolute atomic E-state index is 0.190. The summed E-state index contributed by atoms with van der Waals surface area (Å²) in [5, 5.41) is 0. The van der Waals surface area contributed by atoms with Crippen LogP contribution < -0.4 is 0 Å². The zero-order chi connectivity index (χ0) is 8.10. The molecule has 0 aromatic rings. The van der Waals surface area contributed by atoms with E-state index in [0.717, 1.165) is 12.8 Å². The molecule has 0 aromatic heterocycles. The summed E-state index contributed by atoms with van der Waals surface area (Å²) in [4.78, 5) is 0. The number of hydrogen-bond donors (Lipinski definition) is 0. The highest BCUT2D eigenvalue weighted by Gasteiger charge is 2.15. The molecule has 0 bridgehead atoms. The van der Waals surface area contributed by atoms with Gasteiger partial charge in [0.05, 0.1) is 6.10 Å². The zero-order valence-electron chi connectivity index (χ0n) is 6.84. The standard InChI is InChI=1S/C7H15O3P/c1-9-11(8)10-7-5-3-2-4-6-7/h7,11H,2-6H2,1H3. The van der Waals surface area contributed by atoms with Gasteiger partial charge in [0.1, 0.15) is 0 Å². The van der Waals surface area contributed by atoms with Crippen molar-refractivity contribution in [1.29, 1.82) is 0 Å². The molecular weight excluding hydrogens is 163 g/mol. The first kappa shape index (κ1) is 9.24. The van der Waals surface area contributed by atoms with Crippen molar-refractivity contribution in [2.45, 2.75) is 38.2 Å². The van der Waals surface area contributed by atoms with Gasteiger partial charge in [-0.1, -0.05) is 19.3 Å². The molecular formula is C7H15O3P. The summed E-state index contributed by atoms with van der Waals surface area (Å²) in [5.41, 5.74) is 0. The molecule has 0 amide bonds. The molecule has 0 aliphatic heterocycles. The van der Waals surface area contributed by atoms with E-state index < -0.39 is 8.25 Å². The predicted molar refractivity (Wildman–Crippen MR) is 44.0 cm³/mol. The molecule has 0 spiro atoms. The Morgan fingerprint density at radius 2 is 1.91 bits per heavy atom. The topological polar surface area (TPSA) is 35.5 Å². The molecule has 1 unspecified atom stereocenters. The molecule has 1 aliphatic rings. The minimum atomic E-state index is -2.18. The lowest BCUT2D eigenvalue weighted by molar-refractivity contribution is 0.139. The maximum Gasteiger partial charge on any atom is 0.319 e. The van der Waals surface area contributed by atoms with E-state index in [-0.39, 0.29) is 6.10 Å². The molecule has 4 heteroatoms. The molecule has 1 aliphatic carbocycles. The fourth-order valence-electron chi connectivity index (χ4n) is 1.37. The quantitative estimate of drug-likeness (QED) is 0.622. The van der Waals surface area contributed by atoms with E-state index in [1.807, 2.05) is 0 Å². The third-order valence-electron chi connectivity index (χ3n) is 1.98. The monoisotopic (exact) mass is 178 g/mol. The minimum Gasteiger partial charge on any atom is -0.314 e. The van der Waals surface area contributed by atoms with Crippen LogP contribution in [0.1, 0.15) is 32.1 Å². The van der Waals surface area contributed by atoms with Crippen LogP contribution in [0.15, 0.2) is 0 Å².